The average Bonchev–Trinajstić information content (AvgIpc) is 3.16. The molecule has 1 aliphatic carbocycles. The minimum Gasteiger partial charge on any atom is -0.497 e. The Balaban J connectivity index is 1.83. The molecule has 0 aliphatic heterocycles. The number of carboxylic acid groups (broad SMARTS) is 1. The highest BCUT2D eigenvalue weighted by Crippen LogP contribution is 2.47. The van der Waals surface area contributed by atoms with E-state index in [0.717, 1.165) is 30.6 Å². The van der Waals surface area contributed by atoms with Crippen LogP contribution in [0.15, 0.2) is 36.4 Å². The standard InChI is InChI=1S/C21H24O6/c1-24-16-7-8-17(19(12-16)27-21(22)23)15-5-4-13(10-15)14-6-9-18(25-2)20(11-14)26-3/h6-9,11-13,15H,4-5,10H2,1-3H3,(H,22,23). The summed E-state index contributed by atoms with van der Waals surface area (Å²) < 4.78 is 20.9. The number of hydrogen-bond acceptors (Lipinski definition) is 5. The van der Waals surface area contributed by atoms with Gasteiger partial charge in [-0.1, -0.05) is 12.1 Å². The van der Waals surface area contributed by atoms with Crippen molar-refractivity contribution in [1.29, 1.82) is 0 Å². The molecule has 0 heterocycles. The molecule has 2 unspecified atom stereocenters. The fourth-order valence-electron chi connectivity index (χ4n) is 3.83. The van der Waals surface area contributed by atoms with Gasteiger partial charge in [-0.2, -0.15) is 0 Å². The van der Waals surface area contributed by atoms with Crippen molar-refractivity contribution in [2.24, 2.45) is 0 Å². The van der Waals surface area contributed by atoms with Crippen molar-refractivity contribution in [1.82, 2.24) is 0 Å². The summed E-state index contributed by atoms with van der Waals surface area (Å²) in [6.45, 7) is 0. The van der Waals surface area contributed by atoms with E-state index in [1.165, 1.54) is 5.56 Å². The maximum atomic E-state index is 11.1. The van der Waals surface area contributed by atoms with Crippen molar-refractivity contribution in [3.8, 4) is 23.0 Å². The number of rotatable bonds is 6. The maximum absolute atomic E-state index is 11.1. The summed E-state index contributed by atoms with van der Waals surface area (Å²) in [6, 6.07) is 11.4. The van der Waals surface area contributed by atoms with Gasteiger partial charge in [-0.05, 0) is 60.4 Å². The summed E-state index contributed by atoms with van der Waals surface area (Å²) in [5, 5.41) is 9.05. The van der Waals surface area contributed by atoms with Crippen LogP contribution in [0.3, 0.4) is 0 Å². The zero-order valence-corrected chi connectivity index (χ0v) is 15.7. The van der Waals surface area contributed by atoms with Crippen molar-refractivity contribution < 1.29 is 28.8 Å². The molecule has 1 aliphatic rings. The first kappa shape index (κ1) is 18.9. The molecular weight excluding hydrogens is 348 g/mol. The molecule has 0 radical (unpaired) electrons. The van der Waals surface area contributed by atoms with Crippen molar-refractivity contribution in [2.75, 3.05) is 21.3 Å². The summed E-state index contributed by atoms with van der Waals surface area (Å²) in [5.74, 6) is 2.95. The quantitative estimate of drug-likeness (QED) is 0.579. The van der Waals surface area contributed by atoms with Crippen LogP contribution >= 0.6 is 0 Å². The van der Waals surface area contributed by atoms with Gasteiger partial charge in [0.15, 0.2) is 11.5 Å². The van der Waals surface area contributed by atoms with Crippen molar-refractivity contribution >= 4 is 6.16 Å². The largest absolute Gasteiger partial charge is 0.511 e. The topological polar surface area (TPSA) is 74.2 Å². The molecule has 2 aromatic carbocycles. The van der Waals surface area contributed by atoms with Gasteiger partial charge >= 0.3 is 6.16 Å². The van der Waals surface area contributed by atoms with Crippen LogP contribution in [0.4, 0.5) is 4.79 Å². The second-order valence-electron chi connectivity index (χ2n) is 6.59. The van der Waals surface area contributed by atoms with E-state index in [2.05, 4.69) is 6.07 Å². The molecule has 0 saturated heterocycles. The molecule has 1 N–H and O–H groups in total. The summed E-state index contributed by atoms with van der Waals surface area (Å²) in [4.78, 5) is 11.1. The van der Waals surface area contributed by atoms with Crippen molar-refractivity contribution in [3.63, 3.8) is 0 Å². The van der Waals surface area contributed by atoms with Crippen molar-refractivity contribution in [3.05, 3.63) is 47.5 Å². The van der Waals surface area contributed by atoms with Crippen LogP contribution in [0.1, 0.15) is 42.2 Å². The van der Waals surface area contributed by atoms with Gasteiger partial charge in [0.05, 0.1) is 21.3 Å². The molecule has 6 heteroatoms. The van der Waals surface area contributed by atoms with E-state index in [1.807, 2.05) is 24.3 Å². The van der Waals surface area contributed by atoms with E-state index < -0.39 is 6.16 Å². The molecule has 1 saturated carbocycles. The van der Waals surface area contributed by atoms with E-state index in [4.69, 9.17) is 24.1 Å². The van der Waals surface area contributed by atoms with E-state index >= 15 is 0 Å². The molecule has 0 aromatic heterocycles. The third-order valence-electron chi connectivity index (χ3n) is 5.17. The van der Waals surface area contributed by atoms with E-state index in [1.54, 1.807) is 27.4 Å². The lowest BCUT2D eigenvalue weighted by molar-refractivity contribution is 0.143. The lowest BCUT2D eigenvalue weighted by atomic mass is 9.92. The van der Waals surface area contributed by atoms with Gasteiger partial charge in [0.25, 0.3) is 0 Å². The lowest BCUT2D eigenvalue weighted by Crippen LogP contribution is -2.07. The summed E-state index contributed by atoms with van der Waals surface area (Å²) in [7, 11) is 4.80. The average molecular weight is 372 g/mol. The first-order valence-corrected chi connectivity index (χ1v) is 8.86. The first-order valence-electron chi connectivity index (χ1n) is 8.86. The fraction of sp³-hybridized carbons (Fsp3) is 0.381. The summed E-state index contributed by atoms with van der Waals surface area (Å²) >= 11 is 0. The highest BCUT2D eigenvalue weighted by molar-refractivity contribution is 5.63. The number of carbonyl (C=O) groups is 1. The highest BCUT2D eigenvalue weighted by atomic mass is 16.7. The Labute approximate surface area is 158 Å². The van der Waals surface area contributed by atoms with Crippen LogP contribution in [-0.4, -0.2) is 32.6 Å². The molecule has 0 spiro atoms. The van der Waals surface area contributed by atoms with Gasteiger partial charge in [0, 0.05) is 6.07 Å². The zero-order chi connectivity index (χ0) is 19.4. The van der Waals surface area contributed by atoms with Gasteiger partial charge in [0.1, 0.15) is 11.5 Å². The highest BCUT2D eigenvalue weighted by Gasteiger charge is 2.30. The van der Waals surface area contributed by atoms with Gasteiger partial charge in [-0.25, -0.2) is 4.79 Å². The number of methoxy groups -OCH3 is 3. The molecule has 1 fully saturated rings. The van der Waals surface area contributed by atoms with Gasteiger partial charge < -0.3 is 24.1 Å². The molecule has 0 bridgehead atoms. The Morgan fingerprint density at radius 1 is 0.889 bits per heavy atom. The van der Waals surface area contributed by atoms with Gasteiger partial charge in [-0.15, -0.1) is 0 Å². The normalized spacial score (nSPS) is 18.8. The van der Waals surface area contributed by atoms with Gasteiger partial charge in [-0.3, -0.25) is 0 Å². The van der Waals surface area contributed by atoms with E-state index in [0.29, 0.717) is 23.2 Å². The van der Waals surface area contributed by atoms with Crippen LogP contribution in [0.25, 0.3) is 0 Å². The maximum Gasteiger partial charge on any atom is 0.511 e. The van der Waals surface area contributed by atoms with Crippen LogP contribution in [0.5, 0.6) is 23.0 Å². The lowest BCUT2D eigenvalue weighted by Gasteiger charge is -2.17. The number of benzene rings is 2. The molecular formula is C21H24O6. The monoisotopic (exact) mass is 372 g/mol. The zero-order valence-electron chi connectivity index (χ0n) is 15.7. The molecule has 3 rings (SSSR count). The Bertz CT molecular complexity index is 816. The van der Waals surface area contributed by atoms with Crippen LogP contribution < -0.4 is 18.9 Å². The number of hydrogen-bond donors (Lipinski definition) is 1. The Kier molecular flexibility index (Phi) is 5.74. The SMILES string of the molecule is COc1ccc(C2CCC(c3ccc(OC)c(OC)c3)C2)c(OC(=O)O)c1. The second kappa shape index (κ2) is 8.20. The van der Waals surface area contributed by atoms with E-state index in [9.17, 15) is 4.79 Å². The molecule has 0 amide bonds. The van der Waals surface area contributed by atoms with E-state index in [-0.39, 0.29) is 5.92 Å². The number of ether oxygens (including phenoxy) is 4. The summed E-state index contributed by atoms with van der Waals surface area (Å²) in [5.41, 5.74) is 2.10. The first-order chi connectivity index (χ1) is 13.0. The van der Waals surface area contributed by atoms with Crippen LogP contribution in [0, 0.1) is 0 Å². The molecule has 27 heavy (non-hydrogen) atoms. The Hall–Kier alpha value is -2.89. The third-order valence-corrected chi connectivity index (χ3v) is 5.17. The molecule has 6 nitrogen and oxygen atoms in total. The molecule has 144 valence electrons. The third kappa shape index (κ3) is 4.10. The van der Waals surface area contributed by atoms with Crippen LogP contribution in [-0.2, 0) is 0 Å². The minimum atomic E-state index is -1.32. The molecule has 2 aromatic rings. The predicted octanol–water partition coefficient (Wildman–Crippen LogP) is 4.82. The Morgan fingerprint density at radius 3 is 2.30 bits per heavy atom. The smallest absolute Gasteiger partial charge is 0.497 e. The second-order valence-corrected chi connectivity index (χ2v) is 6.59. The minimum absolute atomic E-state index is 0.225. The van der Waals surface area contributed by atoms with Crippen LogP contribution in [0.2, 0.25) is 0 Å². The van der Waals surface area contributed by atoms with Crippen molar-refractivity contribution in [2.45, 2.75) is 31.1 Å². The van der Waals surface area contributed by atoms with Gasteiger partial charge in [0.2, 0.25) is 0 Å². The predicted molar refractivity (Wildman–Crippen MR) is 101 cm³/mol. The molecule has 2 atom stereocenters. The Morgan fingerprint density at radius 2 is 1.63 bits per heavy atom. The fourth-order valence-corrected chi connectivity index (χ4v) is 3.83. The summed E-state index contributed by atoms with van der Waals surface area (Å²) in [6.07, 6.45) is 1.57.